The van der Waals surface area contributed by atoms with Crippen LogP contribution in [0.1, 0.15) is 0 Å². The topological polar surface area (TPSA) is 81.0 Å². The third-order valence-corrected chi connectivity index (χ3v) is 14.0. The number of para-hydroxylation sites is 2. The van der Waals surface area contributed by atoms with Gasteiger partial charge in [-0.25, -0.2) is 9.97 Å². The minimum Gasteiger partial charge on any atom is -0.456 e. The number of aryl methyl sites for hydroxylation is 2. The van der Waals surface area contributed by atoms with Gasteiger partial charge in [0.15, 0.2) is 0 Å². The second-order valence-corrected chi connectivity index (χ2v) is 18.3. The lowest BCUT2D eigenvalue weighted by atomic mass is 10.1. The van der Waals surface area contributed by atoms with Gasteiger partial charge in [-0.2, -0.15) is 4.68 Å². The van der Waals surface area contributed by atoms with Crippen molar-refractivity contribution in [1.82, 2.24) is 38.2 Å². The van der Waals surface area contributed by atoms with Crippen LogP contribution in [0.15, 0.2) is 183 Å². The highest BCUT2D eigenvalue weighted by atomic mass is 16.5. The van der Waals surface area contributed by atoms with E-state index in [1.54, 1.807) is 0 Å². The zero-order valence-electron chi connectivity index (χ0n) is 39.0. The summed E-state index contributed by atoms with van der Waals surface area (Å²) in [4.78, 5) is 18.7. The molecule has 70 heavy (non-hydrogen) atoms. The fraction of sp³-hybridized carbons (Fsp3) is 0.105. The highest BCUT2D eigenvalue weighted by Gasteiger charge is 2.28. The number of hydrogen-bond acceptors (Lipinski definition) is 8. The van der Waals surface area contributed by atoms with Crippen molar-refractivity contribution in [3.63, 3.8) is 0 Å². The first-order valence-electron chi connectivity index (χ1n) is 23.4. The minimum absolute atomic E-state index is 0.702. The minimum atomic E-state index is 0.702. The molecule has 0 amide bonds. The summed E-state index contributed by atoms with van der Waals surface area (Å²) in [6.45, 7) is 1.49. The van der Waals surface area contributed by atoms with Crippen molar-refractivity contribution in [2.24, 2.45) is 14.1 Å². The molecule has 2 aliphatic rings. The molecule has 13 heteroatoms. The third-order valence-electron chi connectivity index (χ3n) is 14.0. The van der Waals surface area contributed by atoms with Crippen molar-refractivity contribution in [3.05, 3.63) is 183 Å². The van der Waals surface area contributed by atoms with Gasteiger partial charge < -0.3 is 33.6 Å². The van der Waals surface area contributed by atoms with Gasteiger partial charge in [-0.15, -0.1) is 0 Å². The van der Waals surface area contributed by atoms with Crippen molar-refractivity contribution >= 4 is 82.4 Å². The van der Waals surface area contributed by atoms with Crippen molar-refractivity contribution < 1.29 is 14.0 Å². The van der Waals surface area contributed by atoms with Crippen LogP contribution in [0.4, 0.5) is 11.4 Å². The van der Waals surface area contributed by atoms with Gasteiger partial charge in [0.25, 0.3) is 5.52 Å². The summed E-state index contributed by atoms with van der Waals surface area (Å²) >= 11 is 0. The first-order chi connectivity index (χ1) is 34.3. The average molecular weight is 917 g/mol. The Labute approximate surface area is 401 Å². The van der Waals surface area contributed by atoms with Gasteiger partial charge >= 0.3 is 0 Å². The number of benzene rings is 5. The Morgan fingerprint density at radius 1 is 0.471 bits per heavy atom. The zero-order chi connectivity index (χ0) is 46.8. The molecule has 0 bridgehead atoms. The number of aromatic nitrogens is 7. The lowest BCUT2D eigenvalue weighted by Crippen LogP contribution is -2.32. The van der Waals surface area contributed by atoms with Crippen LogP contribution in [0.3, 0.4) is 0 Å². The van der Waals surface area contributed by atoms with Gasteiger partial charge in [-0.05, 0) is 72.8 Å². The van der Waals surface area contributed by atoms with E-state index < -0.39 is 0 Å². The number of pyridine rings is 3. The standard InChI is InChI=1S/C57H46N11O2/c1-60-25-27-64(35-60)37-29-49-54(41-13-5-7-15-45(41)62(49)3)50(30-37)69-39-19-21-43-47(32-39)67(52-17-9-11-23-58-52)57-44-22-20-40(33-48(44)68(56(43)57)53-18-10-12-24-59-53)70-51-31-38(65-28-26-61(2)36-65)34-66-55(51)42-14-6-8-16-46(42)63(66)4/h5-34H,35-36H2,1-4H3/q+1. The van der Waals surface area contributed by atoms with E-state index in [-0.39, 0.29) is 0 Å². The molecule has 0 atom stereocenters. The summed E-state index contributed by atoms with van der Waals surface area (Å²) in [5, 5.41) is 5.37. The maximum Gasteiger partial charge on any atom is 0.287 e. The SMILES string of the molecule is CN1C=CN(c2cc(Oc3ccc4c(c3)n(-c3ccccn3)c3c5ccc(Oc6cc(N7C=CN(C)C7)c[n+]7c6c6ccccc6n7C)cc5n(-c5ccccn5)c43)c3c4ccccc4n(C)c3c2)C1. The molecule has 0 saturated carbocycles. The van der Waals surface area contributed by atoms with Crippen LogP contribution >= 0.6 is 0 Å². The maximum absolute atomic E-state index is 7.13. The first kappa shape index (κ1) is 39.9. The Morgan fingerprint density at radius 3 is 1.63 bits per heavy atom. The summed E-state index contributed by atoms with van der Waals surface area (Å²) in [6.07, 6.45) is 14.3. The second kappa shape index (κ2) is 15.1. The third kappa shape index (κ3) is 6.00. The molecule has 12 aromatic rings. The van der Waals surface area contributed by atoms with E-state index >= 15 is 0 Å². The van der Waals surface area contributed by atoms with Crippen molar-refractivity contribution in [2.75, 3.05) is 37.2 Å². The molecule has 13 nitrogen and oxygen atoms in total. The lowest BCUT2D eigenvalue weighted by molar-refractivity contribution is -0.603. The number of rotatable bonds is 8. The smallest absolute Gasteiger partial charge is 0.287 e. The van der Waals surface area contributed by atoms with Crippen molar-refractivity contribution in [1.29, 1.82) is 0 Å². The molecule has 0 unspecified atom stereocenters. The van der Waals surface area contributed by atoms with E-state index in [1.807, 2.05) is 36.7 Å². The van der Waals surface area contributed by atoms with Gasteiger partial charge in [-0.1, -0.05) is 47.0 Å². The van der Waals surface area contributed by atoms with Crippen LogP contribution < -0.4 is 23.8 Å². The van der Waals surface area contributed by atoms with Crippen LogP contribution in [0, 0.1) is 0 Å². The van der Waals surface area contributed by atoms with Crippen LogP contribution in [-0.4, -0.2) is 65.6 Å². The van der Waals surface area contributed by atoms with E-state index in [0.29, 0.717) is 11.5 Å². The molecule has 0 fully saturated rings. The normalized spacial score (nSPS) is 13.9. The van der Waals surface area contributed by atoms with Crippen LogP contribution in [0.5, 0.6) is 23.0 Å². The Kier molecular flexibility index (Phi) is 8.63. The molecule has 340 valence electrons. The van der Waals surface area contributed by atoms with E-state index in [9.17, 15) is 0 Å². The Hall–Kier alpha value is -9.23. The fourth-order valence-electron chi connectivity index (χ4n) is 10.8. The molecule has 0 spiro atoms. The maximum atomic E-state index is 7.13. The number of ether oxygens (including phenoxy) is 2. The van der Waals surface area contributed by atoms with Crippen LogP contribution in [0.25, 0.3) is 82.7 Å². The molecule has 0 N–H and O–H groups in total. The molecule has 14 rings (SSSR count). The van der Waals surface area contributed by atoms with E-state index in [2.05, 4.69) is 217 Å². The summed E-state index contributed by atoms with van der Waals surface area (Å²) in [7, 11) is 8.39. The Morgan fingerprint density at radius 2 is 1.03 bits per heavy atom. The van der Waals surface area contributed by atoms with E-state index in [1.165, 1.54) is 0 Å². The van der Waals surface area contributed by atoms with Crippen LogP contribution in [-0.2, 0) is 14.1 Å². The summed E-state index contributed by atoms with van der Waals surface area (Å²) in [5.41, 5.74) is 10.3. The highest BCUT2D eigenvalue weighted by Crippen LogP contribution is 2.45. The number of fused-ring (bicyclic) bond motifs is 11. The molecule has 0 aliphatic carbocycles. The summed E-state index contributed by atoms with van der Waals surface area (Å²) in [6, 6.07) is 48.5. The van der Waals surface area contributed by atoms with Gasteiger partial charge in [0.2, 0.25) is 11.9 Å². The molecule has 9 heterocycles. The van der Waals surface area contributed by atoms with Gasteiger partial charge in [0, 0.05) is 110 Å². The zero-order valence-corrected chi connectivity index (χ0v) is 39.0. The Balaban J connectivity index is 0.968. The van der Waals surface area contributed by atoms with Gasteiger partial charge in [0.1, 0.15) is 40.1 Å². The first-order valence-corrected chi connectivity index (χ1v) is 23.4. The summed E-state index contributed by atoms with van der Waals surface area (Å²) in [5.74, 6) is 4.53. The molecule has 0 saturated heterocycles. The summed E-state index contributed by atoms with van der Waals surface area (Å²) < 4.78 is 25.4. The number of nitrogens with zero attached hydrogens (tertiary/aromatic N) is 11. The molecular formula is C57H46N11O2+. The molecular weight excluding hydrogens is 871 g/mol. The predicted molar refractivity (Wildman–Crippen MR) is 278 cm³/mol. The fourth-order valence-corrected chi connectivity index (χ4v) is 10.8. The van der Waals surface area contributed by atoms with E-state index in [4.69, 9.17) is 19.4 Å². The monoisotopic (exact) mass is 916 g/mol. The number of anilines is 2. The number of hydrogen-bond donors (Lipinski definition) is 0. The quantitative estimate of drug-likeness (QED) is 0.139. The van der Waals surface area contributed by atoms with Crippen LogP contribution in [0.2, 0.25) is 0 Å². The van der Waals surface area contributed by atoms with Gasteiger partial charge in [0.05, 0.1) is 58.7 Å². The molecule has 5 aromatic carbocycles. The van der Waals surface area contributed by atoms with Crippen molar-refractivity contribution in [3.8, 4) is 34.6 Å². The van der Waals surface area contributed by atoms with E-state index in [0.717, 1.165) is 119 Å². The molecule has 7 aromatic heterocycles. The second-order valence-electron chi connectivity index (χ2n) is 18.3. The van der Waals surface area contributed by atoms with Crippen molar-refractivity contribution in [2.45, 2.75) is 0 Å². The highest BCUT2D eigenvalue weighted by molar-refractivity contribution is 6.20. The largest absolute Gasteiger partial charge is 0.456 e. The molecule has 0 radical (unpaired) electrons. The molecule has 2 aliphatic heterocycles. The average Bonchev–Trinajstić information content (AvgIpc) is 4.25. The predicted octanol–water partition coefficient (Wildman–Crippen LogP) is 11.3. The Bertz CT molecular complexity index is 3900. The lowest BCUT2D eigenvalue weighted by Gasteiger charge is -2.20. The van der Waals surface area contributed by atoms with Gasteiger partial charge in [-0.3, -0.25) is 9.13 Å².